The summed E-state index contributed by atoms with van der Waals surface area (Å²) < 4.78 is 7.13. The normalized spacial score (nSPS) is 11.5. The van der Waals surface area contributed by atoms with Crippen molar-refractivity contribution in [1.29, 1.82) is 0 Å². The zero-order chi connectivity index (χ0) is 11.8. The minimum atomic E-state index is -1.24. The Balaban J connectivity index is 3.04. The summed E-state index contributed by atoms with van der Waals surface area (Å²) in [4.78, 5) is 10.9. The Labute approximate surface area is 88.7 Å². The van der Waals surface area contributed by atoms with Gasteiger partial charge >= 0.3 is 5.97 Å². The van der Waals surface area contributed by atoms with Gasteiger partial charge in [-0.1, -0.05) is 0 Å². The molecule has 15 heavy (non-hydrogen) atoms. The molecule has 1 N–H and O–H groups in total. The van der Waals surface area contributed by atoms with E-state index in [1.54, 1.807) is 18.7 Å². The maximum absolute atomic E-state index is 10.9. The number of rotatable bonds is 3. The van der Waals surface area contributed by atoms with E-state index in [9.17, 15) is 4.79 Å². The van der Waals surface area contributed by atoms with Gasteiger partial charge in [0.15, 0.2) is 11.4 Å². The van der Waals surface area contributed by atoms with Gasteiger partial charge in [-0.2, -0.15) is 5.10 Å². The molecule has 0 radical (unpaired) electrons. The average molecular weight is 212 g/mol. The molecule has 0 fully saturated rings. The molecule has 1 rings (SSSR count). The first-order valence-electron chi connectivity index (χ1n) is 4.68. The number of carboxylic acids is 1. The summed E-state index contributed by atoms with van der Waals surface area (Å²) in [5.74, 6) is -0.449. The molecule has 0 aliphatic carbocycles. The van der Waals surface area contributed by atoms with E-state index in [4.69, 9.17) is 9.84 Å². The van der Waals surface area contributed by atoms with Gasteiger partial charge in [0.1, 0.15) is 5.69 Å². The summed E-state index contributed by atoms with van der Waals surface area (Å²) in [6, 6.07) is 0. The largest absolute Gasteiger partial charge is 0.478 e. The first-order chi connectivity index (χ1) is 6.75. The van der Waals surface area contributed by atoms with E-state index >= 15 is 0 Å². The van der Waals surface area contributed by atoms with Gasteiger partial charge in [0, 0.05) is 7.05 Å². The fourth-order valence-electron chi connectivity index (χ4n) is 1.20. The Morgan fingerprint density at radius 2 is 2.00 bits per heavy atom. The van der Waals surface area contributed by atoms with Crippen LogP contribution in [-0.2, 0) is 11.8 Å². The van der Waals surface area contributed by atoms with Crippen LogP contribution in [0.15, 0.2) is 0 Å². The molecule has 0 unspecified atom stereocenters. The summed E-state index contributed by atoms with van der Waals surface area (Å²) in [7, 11) is 1.79. The molecule has 0 spiro atoms. The van der Waals surface area contributed by atoms with E-state index in [2.05, 4.69) is 5.10 Å². The monoisotopic (exact) mass is 212 g/mol. The Hall–Kier alpha value is -1.52. The van der Waals surface area contributed by atoms with E-state index in [1.165, 1.54) is 13.8 Å². The summed E-state index contributed by atoms with van der Waals surface area (Å²) in [5, 5.41) is 13.1. The zero-order valence-corrected chi connectivity index (χ0v) is 9.66. The van der Waals surface area contributed by atoms with E-state index < -0.39 is 11.6 Å². The number of aryl methyl sites for hydroxylation is 2. The molecule has 0 saturated heterocycles. The SMILES string of the molecule is Cc1nn(C)c(C)c1OC(C)(C)C(=O)O. The van der Waals surface area contributed by atoms with Crippen LogP contribution < -0.4 is 4.74 Å². The van der Waals surface area contributed by atoms with E-state index in [0.29, 0.717) is 11.4 Å². The van der Waals surface area contributed by atoms with Crippen molar-refractivity contribution in [2.75, 3.05) is 0 Å². The molecule has 0 aromatic carbocycles. The third kappa shape index (κ3) is 2.11. The topological polar surface area (TPSA) is 64.4 Å². The van der Waals surface area contributed by atoms with Crippen molar-refractivity contribution < 1.29 is 14.6 Å². The maximum Gasteiger partial charge on any atom is 0.347 e. The lowest BCUT2D eigenvalue weighted by molar-refractivity contribution is -0.152. The standard InChI is InChI=1S/C10H16N2O3/c1-6-8(7(2)12(5)11-6)15-10(3,4)9(13)14/h1-5H3,(H,13,14). The van der Waals surface area contributed by atoms with Crippen molar-refractivity contribution in [3.05, 3.63) is 11.4 Å². The molecular formula is C10H16N2O3. The Morgan fingerprint density at radius 1 is 1.47 bits per heavy atom. The number of nitrogens with zero attached hydrogens (tertiary/aromatic N) is 2. The van der Waals surface area contributed by atoms with Crippen LogP contribution in [0, 0.1) is 13.8 Å². The zero-order valence-electron chi connectivity index (χ0n) is 9.66. The molecule has 0 amide bonds. The third-order valence-corrected chi connectivity index (χ3v) is 2.31. The Morgan fingerprint density at radius 3 is 2.33 bits per heavy atom. The summed E-state index contributed by atoms with van der Waals surface area (Å²) in [6.07, 6.45) is 0. The van der Waals surface area contributed by atoms with Crippen molar-refractivity contribution in [1.82, 2.24) is 9.78 Å². The maximum atomic E-state index is 10.9. The lowest BCUT2D eigenvalue weighted by Gasteiger charge is -2.21. The van der Waals surface area contributed by atoms with Crippen molar-refractivity contribution >= 4 is 5.97 Å². The van der Waals surface area contributed by atoms with E-state index in [0.717, 1.165) is 5.69 Å². The summed E-state index contributed by atoms with van der Waals surface area (Å²) in [5.41, 5.74) is 0.282. The van der Waals surface area contributed by atoms with Crippen molar-refractivity contribution in [3.63, 3.8) is 0 Å². The first kappa shape index (κ1) is 11.6. The van der Waals surface area contributed by atoms with E-state index in [-0.39, 0.29) is 0 Å². The van der Waals surface area contributed by atoms with E-state index in [1.807, 2.05) is 6.92 Å². The van der Waals surface area contributed by atoms with Gasteiger partial charge in [-0.25, -0.2) is 4.79 Å². The number of carboxylic acid groups (broad SMARTS) is 1. The van der Waals surface area contributed by atoms with Gasteiger partial charge < -0.3 is 9.84 Å². The lowest BCUT2D eigenvalue weighted by Crippen LogP contribution is -2.38. The third-order valence-electron chi connectivity index (χ3n) is 2.31. The molecule has 0 bridgehead atoms. The number of hydrogen-bond donors (Lipinski definition) is 1. The van der Waals surface area contributed by atoms with Gasteiger partial charge in [0.25, 0.3) is 0 Å². The molecule has 5 nitrogen and oxygen atoms in total. The number of ether oxygens (including phenoxy) is 1. The molecule has 1 aromatic heterocycles. The number of aliphatic carboxylic acids is 1. The van der Waals surface area contributed by atoms with Gasteiger partial charge in [-0.15, -0.1) is 0 Å². The number of aromatic nitrogens is 2. The predicted molar refractivity (Wildman–Crippen MR) is 55.0 cm³/mol. The van der Waals surface area contributed by atoms with Crippen LogP contribution in [0.25, 0.3) is 0 Å². The second-order valence-corrected chi connectivity index (χ2v) is 4.04. The predicted octanol–water partition coefficient (Wildman–Crippen LogP) is 1.28. The quantitative estimate of drug-likeness (QED) is 0.819. The molecule has 5 heteroatoms. The molecule has 1 heterocycles. The van der Waals surface area contributed by atoms with Crippen LogP contribution in [-0.4, -0.2) is 26.5 Å². The van der Waals surface area contributed by atoms with Crippen LogP contribution in [0.5, 0.6) is 5.75 Å². The Bertz CT molecular complexity index is 394. The fraction of sp³-hybridized carbons (Fsp3) is 0.600. The molecular weight excluding hydrogens is 196 g/mol. The van der Waals surface area contributed by atoms with Crippen molar-refractivity contribution in [2.24, 2.45) is 7.05 Å². The van der Waals surface area contributed by atoms with Crippen LogP contribution in [0.1, 0.15) is 25.2 Å². The highest BCUT2D eigenvalue weighted by molar-refractivity contribution is 5.76. The molecule has 0 aliphatic rings. The second kappa shape index (κ2) is 3.56. The second-order valence-electron chi connectivity index (χ2n) is 4.04. The lowest BCUT2D eigenvalue weighted by atomic mass is 10.1. The smallest absolute Gasteiger partial charge is 0.347 e. The highest BCUT2D eigenvalue weighted by Gasteiger charge is 2.31. The summed E-state index contributed by atoms with van der Waals surface area (Å²) in [6.45, 7) is 6.66. The summed E-state index contributed by atoms with van der Waals surface area (Å²) >= 11 is 0. The van der Waals surface area contributed by atoms with Gasteiger partial charge in [-0.05, 0) is 27.7 Å². The Kier molecular flexibility index (Phi) is 2.75. The van der Waals surface area contributed by atoms with Crippen LogP contribution in [0.2, 0.25) is 0 Å². The van der Waals surface area contributed by atoms with Crippen LogP contribution in [0.4, 0.5) is 0 Å². The number of carbonyl (C=O) groups is 1. The highest BCUT2D eigenvalue weighted by Crippen LogP contribution is 2.26. The van der Waals surface area contributed by atoms with Crippen LogP contribution in [0.3, 0.4) is 0 Å². The van der Waals surface area contributed by atoms with Gasteiger partial charge in [0.05, 0.1) is 5.69 Å². The molecule has 84 valence electrons. The van der Waals surface area contributed by atoms with Crippen molar-refractivity contribution in [2.45, 2.75) is 33.3 Å². The minimum absolute atomic E-state index is 0.546. The van der Waals surface area contributed by atoms with Gasteiger partial charge in [0.2, 0.25) is 0 Å². The minimum Gasteiger partial charge on any atom is -0.478 e. The fourth-order valence-corrected chi connectivity index (χ4v) is 1.20. The van der Waals surface area contributed by atoms with Crippen molar-refractivity contribution in [3.8, 4) is 5.75 Å². The molecule has 1 aromatic rings. The molecule has 0 atom stereocenters. The number of hydrogen-bond acceptors (Lipinski definition) is 3. The highest BCUT2D eigenvalue weighted by atomic mass is 16.5. The first-order valence-corrected chi connectivity index (χ1v) is 4.68. The average Bonchev–Trinajstić information content (AvgIpc) is 2.32. The van der Waals surface area contributed by atoms with Crippen LogP contribution >= 0.6 is 0 Å². The van der Waals surface area contributed by atoms with Gasteiger partial charge in [-0.3, -0.25) is 4.68 Å². The molecule has 0 saturated carbocycles. The molecule has 0 aliphatic heterocycles.